The topological polar surface area (TPSA) is 45.9 Å². The molecule has 1 rings (SSSR count). The Balaban J connectivity index is 3.32. The molecule has 3 nitrogen and oxygen atoms in total. The lowest BCUT2D eigenvalue weighted by atomic mass is 10.2. The van der Waals surface area contributed by atoms with Crippen molar-refractivity contribution in [2.24, 2.45) is 0 Å². The maximum absolute atomic E-state index is 12.8. The van der Waals surface area contributed by atoms with Crippen LogP contribution in [0.4, 0.5) is 13.2 Å². The van der Waals surface area contributed by atoms with Crippen molar-refractivity contribution < 1.29 is 17.9 Å². The highest BCUT2D eigenvalue weighted by Crippen LogP contribution is 2.26. The molecule has 74 valence electrons. The second-order valence-electron chi connectivity index (χ2n) is 2.33. The molecule has 0 atom stereocenters. The third kappa shape index (κ3) is 1.76. The first-order chi connectivity index (χ1) is 6.60. The van der Waals surface area contributed by atoms with E-state index in [0.717, 1.165) is 6.07 Å². The van der Waals surface area contributed by atoms with Crippen LogP contribution >= 0.6 is 0 Å². The van der Waals surface area contributed by atoms with Crippen LogP contribution in [0.5, 0.6) is 5.75 Å². The normalized spacial score (nSPS) is 10.0. The first kappa shape index (κ1) is 10.3. The van der Waals surface area contributed by atoms with E-state index in [2.05, 4.69) is 9.72 Å². The van der Waals surface area contributed by atoms with Crippen LogP contribution in [0, 0.1) is 17.3 Å². The lowest BCUT2D eigenvalue weighted by Gasteiger charge is -2.05. The second-order valence-corrected chi connectivity index (χ2v) is 2.33. The number of pyridine rings is 1. The average Bonchev–Trinajstić information content (AvgIpc) is 2.16. The van der Waals surface area contributed by atoms with E-state index in [1.807, 2.05) is 0 Å². The van der Waals surface area contributed by atoms with E-state index in [-0.39, 0.29) is 11.4 Å². The fraction of sp³-hybridized carbons (Fsp3) is 0.250. The van der Waals surface area contributed by atoms with E-state index in [4.69, 9.17) is 5.26 Å². The number of nitrogens with zero attached hydrogens (tertiary/aromatic N) is 2. The first-order valence-electron chi connectivity index (χ1n) is 3.52. The Hall–Kier alpha value is -1.77. The summed E-state index contributed by atoms with van der Waals surface area (Å²) in [5, 5.41) is 8.46. The summed E-state index contributed by atoms with van der Waals surface area (Å²) in [7, 11) is 1.19. The quantitative estimate of drug-likeness (QED) is 0.689. The number of hydrogen-bond donors (Lipinski definition) is 0. The predicted octanol–water partition coefficient (Wildman–Crippen LogP) is 2.04. The Morgan fingerprint density at radius 2 is 2.21 bits per heavy atom. The van der Waals surface area contributed by atoms with Gasteiger partial charge in [0.15, 0.2) is 11.4 Å². The third-order valence-electron chi connectivity index (χ3n) is 1.53. The monoisotopic (exact) mass is 202 g/mol. The minimum Gasteiger partial charge on any atom is -0.494 e. The molecule has 0 aromatic carbocycles. The minimum absolute atomic E-state index is 0.163. The Bertz CT molecular complexity index is 386. The zero-order chi connectivity index (χ0) is 10.7. The molecule has 0 saturated heterocycles. The van der Waals surface area contributed by atoms with Crippen LogP contribution in [0.1, 0.15) is 17.7 Å². The minimum atomic E-state index is -2.98. The van der Waals surface area contributed by atoms with Crippen LogP contribution < -0.4 is 4.74 Å². The van der Waals surface area contributed by atoms with Gasteiger partial charge in [0.1, 0.15) is 6.07 Å². The molecule has 0 aliphatic heterocycles. The number of aromatic nitrogens is 1. The van der Waals surface area contributed by atoms with E-state index in [0.29, 0.717) is 0 Å². The van der Waals surface area contributed by atoms with Crippen molar-refractivity contribution >= 4 is 0 Å². The molecule has 0 saturated carbocycles. The van der Waals surface area contributed by atoms with Gasteiger partial charge in [-0.15, -0.1) is 0 Å². The molecular formula is C8H5F3N2O. The standard InChI is InChI=1S/C8H5F3N2O/c1-14-6-2-4(7(9)10)8(11)13-5(6)3-12/h2,7H,1H3. The van der Waals surface area contributed by atoms with Crippen LogP contribution in [-0.4, -0.2) is 12.1 Å². The fourth-order valence-corrected chi connectivity index (χ4v) is 0.876. The van der Waals surface area contributed by atoms with Gasteiger partial charge in [-0.1, -0.05) is 0 Å². The molecule has 0 bridgehead atoms. The average molecular weight is 202 g/mol. The largest absolute Gasteiger partial charge is 0.494 e. The number of halogens is 3. The Morgan fingerprint density at radius 1 is 1.57 bits per heavy atom. The zero-order valence-corrected chi connectivity index (χ0v) is 7.09. The number of nitriles is 1. The van der Waals surface area contributed by atoms with Crippen molar-refractivity contribution in [2.45, 2.75) is 6.43 Å². The summed E-state index contributed by atoms with van der Waals surface area (Å²) < 4.78 is 41.7. The van der Waals surface area contributed by atoms with Gasteiger partial charge in [0.25, 0.3) is 6.43 Å². The van der Waals surface area contributed by atoms with Crippen molar-refractivity contribution in [3.8, 4) is 11.8 Å². The van der Waals surface area contributed by atoms with Gasteiger partial charge in [0.2, 0.25) is 5.95 Å². The van der Waals surface area contributed by atoms with Gasteiger partial charge in [-0.25, -0.2) is 13.8 Å². The number of hydrogen-bond acceptors (Lipinski definition) is 3. The number of ether oxygens (including phenoxy) is 1. The fourth-order valence-electron chi connectivity index (χ4n) is 0.876. The van der Waals surface area contributed by atoms with Crippen molar-refractivity contribution in [1.82, 2.24) is 4.98 Å². The predicted molar refractivity (Wildman–Crippen MR) is 40.4 cm³/mol. The summed E-state index contributed by atoms with van der Waals surface area (Å²) >= 11 is 0. The van der Waals surface area contributed by atoms with Crippen molar-refractivity contribution in [1.29, 1.82) is 5.26 Å². The van der Waals surface area contributed by atoms with Gasteiger partial charge < -0.3 is 4.74 Å². The van der Waals surface area contributed by atoms with Gasteiger partial charge in [-0.3, -0.25) is 0 Å². The number of rotatable bonds is 2. The second kappa shape index (κ2) is 3.96. The molecule has 0 N–H and O–H groups in total. The highest BCUT2D eigenvalue weighted by molar-refractivity contribution is 5.40. The number of methoxy groups -OCH3 is 1. The van der Waals surface area contributed by atoms with Crippen LogP contribution in [0.2, 0.25) is 0 Å². The molecule has 0 fully saturated rings. The summed E-state index contributed by atoms with van der Waals surface area (Å²) in [6.45, 7) is 0. The van der Waals surface area contributed by atoms with Crippen LogP contribution in [0.15, 0.2) is 6.07 Å². The van der Waals surface area contributed by atoms with Crippen molar-refractivity contribution in [3.05, 3.63) is 23.3 Å². The summed E-state index contributed by atoms with van der Waals surface area (Å²) in [4.78, 5) is 3.05. The van der Waals surface area contributed by atoms with Gasteiger partial charge >= 0.3 is 0 Å². The van der Waals surface area contributed by atoms with E-state index in [1.54, 1.807) is 0 Å². The lowest BCUT2D eigenvalue weighted by molar-refractivity contribution is 0.144. The number of alkyl halides is 2. The van der Waals surface area contributed by atoms with Gasteiger partial charge in [-0.2, -0.15) is 9.65 Å². The molecule has 6 heteroatoms. The molecule has 0 amide bonds. The summed E-state index contributed by atoms with van der Waals surface area (Å²) in [6, 6.07) is 2.30. The Labute approximate surface area is 77.7 Å². The highest BCUT2D eigenvalue weighted by Gasteiger charge is 2.18. The van der Waals surface area contributed by atoms with Crippen LogP contribution in [-0.2, 0) is 0 Å². The lowest BCUT2D eigenvalue weighted by Crippen LogP contribution is -2.00. The van der Waals surface area contributed by atoms with Gasteiger partial charge in [0.05, 0.1) is 12.7 Å². The highest BCUT2D eigenvalue weighted by atomic mass is 19.3. The van der Waals surface area contributed by atoms with Crippen molar-refractivity contribution in [3.63, 3.8) is 0 Å². The summed E-state index contributed by atoms with van der Waals surface area (Å²) in [5.41, 5.74) is -1.23. The molecule has 1 aromatic heterocycles. The van der Waals surface area contributed by atoms with E-state index >= 15 is 0 Å². The van der Waals surface area contributed by atoms with Gasteiger partial charge in [0, 0.05) is 0 Å². The maximum atomic E-state index is 12.8. The third-order valence-corrected chi connectivity index (χ3v) is 1.53. The molecule has 1 heterocycles. The molecule has 0 spiro atoms. The van der Waals surface area contributed by atoms with Gasteiger partial charge in [-0.05, 0) is 6.07 Å². The van der Waals surface area contributed by atoms with Crippen molar-refractivity contribution in [2.75, 3.05) is 7.11 Å². The van der Waals surface area contributed by atoms with E-state index in [1.165, 1.54) is 13.2 Å². The molecule has 1 aromatic rings. The Morgan fingerprint density at radius 3 is 2.64 bits per heavy atom. The van der Waals surface area contributed by atoms with Crippen LogP contribution in [0.25, 0.3) is 0 Å². The van der Waals surface area contributed by atoms with E-state index in [9.17, 15) is 13.2 Å². The molecular weight excluding hydrogens is 197 g/mol. The Kier molecular flexibility index (Phi) is 2.92. The maximum Gasteiger partial charge on any atom is 0.268 e. The molecule has 0 aliphatic carbocycles. The van der Waals surface area contributed by atoms with E-state index < -0.39 is 17.9 Å². The summed E-state index contributed by atoms with van der Waals surface area (Å²) in [5.74, 6) is -1.51. The first-order valence-corrected chi connectivity index (χ1v) is 3.52. The summed E-state index contributed by atoms with van der Waals surface area (Å²) in [6.07, 6.45) is -2.98. The SMILES string of the molecule is COc1cc(C(F)F)c(F)nc1C#N. The molecule has 14 heavy (non-hydrogen) atoms. The molecule has 0 unspecified atom stereocenters. The van der Waals surface area contributed by atoms with Crippen LogP contribution in [0.3, 0.4) is 0 Å². The molecule has 0 aliphatic rings. The zero-order valence-electron chi connectivity index (χ0n) is 7.09. The molecule has 0 radical (unpaired) electrons. The smallest absolute Gasteiger partial charge is 0.268 e.